The summed E-state index contributed by atoms with van der Waals surface area (Å²) >= 11 is 3.32. The maximum Gasteiger partial charge on any atom is 0.127 e. The smallest absolute Gasteiger partial charge is 0.127 e. The van der Waals surface area contributed by atoms with Gasteiger partial charge in [-0.05, 0) is 38.4 Å². The summed E-state index contributed by atoms with van der Waals surface area (Å²) in [6.07, 6.45) is 0. The zero-order valence-electron chi connectivity index (χ0n) is 6.95. The molecule has 12 heavy (non-hydrogen) atoms. The molecular weight excluding hydrogens is 238 g/mol. The van der Waals surface area contributed by atoms with Crippen LogP contribution >= 0.6 is 15.9 Å². The lowest BCUT2D eigenvalue weighted by Gasteiger charge is -2.08. The highest BCUT2D eigenvalue weighted by molar-refractivity contribution is 9.10. The van der Waals surface area contributed by atoms with Crippen LogP contribution in [-0.2, 0) is 11.0 Å². The van der Waals surface area contributed by atoms with Crippen molar-refractivity contribution in [2.24, 2.45) is 0 Å². The summed E-state index contributed by atoms with van der Waals surface area (Å²) in [5.74, 6) is 0. The van der Waals surface area contributed by atoms with Gasteiger partial charge in [0.25, 0.3) is 0 Å². The zero-order chi connectivity index (χ0) is 9.14. The molecule has 1 rings (SSSR count). The zero-order valence-corrected chi connectivity index (χ0v) is 9.35. The van der Waals surface area contributed by atoms with Crippen molar-refractivity contribution in [1.29, 1.82) is 0 Å². The third-order valence-electron chi connectivity index (χ3n) is 1.35. The van der Waals surface area contributed by atoms with Gasteiger partial charge in [0.1, 0.15) is 11.0 Å². The first-order valence-corrected chi connectivity index (χ1v) is 5.36. The minimum absolute atomic E-state index is 0.822. The Morgan fingerprint density at radius 2 is 1.75 bits per heavy atom. The van der Waals surface area contributed by atoms with Crippen LogP contribution in [0.2, 0.25) is 0 Å². The second kappa shape index (κ2) is 4.16. The molecule has 1 aromatic rings. The van der Waals surface area contributed by atoms with Gasteiger partial charge in [0.2, 0.25) is 0 Å². The van der Waals surface area contributed by atoms with E-state index in [1.807, 2.05) is 24.3 Å². The Balaban J connectivity index is 2.90. The Morgan fingerprint density at radius 1 is 1.25 bits per heavy atom. The Bertz CT molecular complexity index is 284. The van der Waals surface area contributed by atoms with Gasteiger partial charge >= 0.3 is 0 Å². The van der Waals surface area contributed by atoms with Crippen LogP contribution in [0.3, 0.4) is 0 Å². The van der Waals surface area contributed by atoms with E-state index >= 15 is 0 Å². The van der Waals surface area contributed by atoms with Crippen molar-refractivity contribution in [1.82, 2.24) is 4.31 Å². The predicted octanol–water partition coefficient (Wildman–Crippen LogP) is 2.03. The van der Waals surface area contributed by atoms with Crippen molar-refractivity contribution >= 4 is 26.9 Å². The highest BCUT2D eigenvalue weighted by Gasteiger charge is 2.04. The number of benzene rings is 1. The van der Waals surface area contributed by atoms with E-state index in [0.29, 0.717) is 0 Å². The molecule has 0 amide bonds. The summed E-state index contributed by atoms with van der Waals surface area (Å²) in [5, 5.41) is 0. The molecule has 0 aliphatic heterocycles. The molecular formula is C8H10BrNOS. The van der Waals surface area contributed by atoms with Crippen LogP contribution in [0.1, 0.15) is 0 Å². The van der Waals surface area contributed by atoms with Crippen LogP contribution in [0.25, 0.3) is 0 Å². The number of hydrogen-bond donors (Lipinski definition) is 0. The molecule has 0 radical (unpaired) electrons. The lowest BCUT2D eigenvalue weighted by molar-refractivity contribution is 0.603. The van der Waals surface area contributed by atoms with Crippen LogP contribution in [0.4, 0.5) is 0 Å². The van der Waals surface area contributed by atoms with Crippen molar-refractivity contribution in [2.75, 3.05) is 14.1 Å². The molecule has 66 valence electrons. The standard InChI is InChI=1S/C8H10BrNOS/c1-10(2)12(11)8-5-3-7(9)4-6-8/h3-6H,1-2H3. The molecule has 1 unspecified atom stereocenters. The van der Waals surface area contributed by atoms with Gasteiger partial charge in [0, 0.05) is 4.47 Å². The van der Waals surface area contributed by atoms with Gasteiger partial charge in [0.05, 0.1) is 4.90 Å². The normalized spacial score (nSPS) is 13.3. The van der Waals surface area contributed by atoms with Crippen molar-refractivity contribution in [3.8, 4) is 0 Å². The number of hydrogen-bond acceptors (Lipinski definition) is 1. The van der Waals surface area contributed by atoms with E-state index in [2.05, 4.69) is 15.9 Å². The van der Waals surface area contributed by atoms with E-state index in [1.54, 1.807) is 18.4 Å². The molecule has 0 aliphatic carbocycles. The first-order valence-electron chi connectivity index (χ1n) is 3.46. The molecule has 0 N–H and O–H groups in total. The number of rotatable bonds is 2. The fourth-order valence-corrected chi connectivity index (χ4v) is 1.82. The van der Waals surface area contributed by atoms with Gasteiger partial charge in [-0.3, -0.25) is 0 Å². The fourth-order valence-electron chi connectivity index (χ4n) is 0.762. The Labute approximate surface area is 83.3 Å². The minimum Gasteiger partial charge on any atom is -0.237 e. The molecule has 0 heterocycles. The SMILES string of the molecule is CN(C)S(=O)c1ccc(Br)cc1. The van der Waals surface area contributed by atoms with E-state index in [9.17, 15) is 4.21 Å². The van der Waals surface area contributed by atoms with Crippen molar-refractivity contribution in [2.45, 2.75) is 4.90 Å². The molecule has 0 saturated heterocycles. The minimum atomic E-state index is -1.03. The third kappa shape index (κ3) is 2.40. The molecule has 0 aliphatic rings. The van der Waals surface area contributed by atoms with E-state index in [4.69, 9.17) is 0 Å². The van der Waals surface area contributed by atoms with E-state index in [0.717, 1.165) is 9.37 Å². The molecule has 1 atom stereocenters. The third-order valence-corrected chi connectivity index (χ3v) is 3.21. The van der Waals surface area contributed by atoms with Crippen LogP contribution in [0, 0.1) is 0 Å². The average Bonchev–Trinajstić information content (AvgIpc) is 2.04. The first kappa shape index (κ1) is 9.89. The Hall–Kier alpha value is -0.190. The quantitative estimate of drug-likeness (QED) is 0.784. The average molecular weight is 248 g/mol. The largest absolute Gasteiger partial charge is 0.237 e. The van der Waals surface area contributed by atoms with Crippen LogP contribution in [-0.4, -0.2) is 22.6 Å². The molecule has 0 saturated carbocycles. The summed E-state index contributed by atoms with van der Waals surface area (Å²) < 4.78 is 14.1. The maximum absolute atomic E-state index is 11.5. The topological polar surface area (TPSA) is 20.3 Å². The predicted molar refractivity (Wildman–Crippen MR) is 54.2 cm³/mol. The number of nitrogens with zero attached hydrogens (tertiary/aromatic N) is 1. The summed E-state index contributed by atoms with van der Waals surface area (Å²) in [6.45, 7) is 0. The van der Waals surface area contributed by atoms with Crippen molar-refractivity contribution in [3.05, 3.63) is 28.7 Å². The summed E-state index contributed by atoms with van der Waals surface area (Å²) in [4.78, 5) is 0.822. The van der Waals surface area contributed by atoms with Crippen molar-refractivity contribution in [3.63, 3.8) is 0 Å². The molecule has 0 fully saturated rings. The van der Waals surface area contributed by atoms with Gasteiger partial charge in [-0.15, -0.1) is 0 Å². The van der Waals surface area contributed by atoms with Crippen LogP contribution in [0.15, 0.2) is 33.6 Å². The Morgan fingerprint density at radius 3 is 2.17 bits per heavy atom. The van der Waals surface area contributed by atoms with E-state index < -0.39 is 11.0 Å². The van der Waals surface area contributed by atoms with E-state index in [1.165, 1.54) is 0 Å². The van der Waals surface area contributed by atoms with Gasteiger partial charge in [-0.25, -0.2) is 8.51 Å². The van der Waals surface area contributed by atoms with Gasteiger partial charge in [-0.2, -0.15) is 0 Å². The van der Waals surface area contributed by atoms with Crippen LogP contribution < -0.4 is 0 Å². The van der Waals surface area contributed by atoms with Crippen molar-refractivity contribution < 1.29 is 4.21 Å². The lowest BCUT2D eigenvalue weighted by Crippen LogP contribution is -2.14. The first-order chi connectivity index (χ1) is 5.61. The van der Waals surface area contributed by atoms with Gasteiger partial charge in [-0.1, -0.05) is 15.9 Å². The van der Waals surface area contributed by atoms with Crippen LogP contribution in [0.5, 0.6) is 0 Å². The van der Waals surface area contributed by atoms with E-state index in [-0.39, 0.29) is 0 Å². The highest BCUT2D eigenvalue weighted by Crippen LogP contribution is 2.13. The number of halogens is 1. The summed E-state index contributed by atoms with van der Waals surface area (Å²) in [5.41, 5.74) is 0. The maximum atomic E-state index is 11.5. The summed E-state index contributed by atoms with van der Waals surface area (Å²) in [7, 11) is 2.55. The monoisotopic (exact) mass is 247 g/mol. The molecule has 1 aromatic carbocycles. The molecule has 0 aromatic heterocycles. The molecule has 0 spiro atoms. The highest BCUT2D eigenvalue weighted by atomic mass is 79.9. The molecule has 2 nitrogen and oxygen atoms in total. The summed E-state index contributed by atoms with van der Waals surface area (Å²) in [6, 6.07) is 7.47. The van der Waals surface area contributed by atoms with Gasteiger partial charge < -0.3 is 0 Å². The second-order valence-corrected chi connectivity index (χ2v) is 5.13. The van der Waals surface area contributed by atoms with Gasteiger partial charge in [0.15, 0.2) is 0 Å². The Kier molecular flexibility index (Phi) is 3.43. The molecule has 0 bridgehead atoms. The fraction of sp³-hybridized carbons (Fsp3) is 0.250. The second-order valence-electron chi connectivity index (χ2n) is 2.52. The lowest BCUT2D eigenvalue weighted by atomic mass is 10.4. The molecule has 4 heteroatoms.